The Bertz CT molecular complexity index is 876. The van der Waals surface area contributed by atoms with Crippen molar-refractivity contribution in [1.29, 1.82) is 0 Å². The van der Waals surface area contributed by atoms with Crippen LogP contribution in [0.5, 0.6) is 0 Å². The number of fused-ring (bicyclic) bond motifs is 3. The van der Waals surface area contributed by atoms with Crippen LogP contribution in [0.1, 0.15) is 51.4 Å². The second-order valence-electron chi connectivity index (χ2n) is 9.18. The Labute approximate surface area is 158 Å². The second kappa shape index (κ2) is 5.94. The minimum absolute atomic E-state index is 0.218. The van der Waals surface area contributed by atoms with E-state index in [0.717, 1.165) is 35.9 Å². The van der Waals surface area contributed by atoms with Crippen LogP contribution in [0.25, 0.3) is 5.78 Å². The fourth-order valence-corrected chi connectivity index (χ4v) is 6.13. The lowest BCUT2D eigenvalue weighted by Crippen LogP contribution is -2.38. The van der Waals surface area contributed by atoms with E-state index in [9.17, 15) is 4.79 Å². The number of carbonyl (C=O) groups is 1. The average Bonchev–Trinajstić information content (AvgIpc) is 3.02. The van der Waals surface area contributed by atoms with Gasteiger partial charge in [0.1, 0.15) is 0 Å². The summed E-state index contributed by atoms with van der Waals surface area (Å²) in [6, 6.07) is 2.40. The minimum atomic E-state index is 0.218. The molecule has 3 heterocycles. The molecule has 1 aliphatic carbocycles. The number of aryl methyl sites for hydroxylation is 2. The summed E-state index contributed by atoms with van der Waals surface area (Å²) in [4.78, 5) is 19.5. The molecule has 2 fully saturated rings. The molecule has 0 radical (unpaired) electrons. The molecule has 7 heteroatoms. The highest BCUT2D eigenvalue weighted by molar-refractivity contribution is 7.99. The Kier molecular flexibility index (Phi) is 4.06. The maximum atomic E-state index is 12.9. The Morgan fingerprint density at radius 3 is 2.81 bits per heavy atom. The van der Waals surface area contributed by atoms with Gasteiger partial charge in [-0.2, -0.15) is 0 Å². The molecule has 140 valence electrons. The van der Waals surface area contributed by atoms with Crippen molar-refractivity contribution in [1.82, 2.24) is 24.5 Å². The number of hydrogen-bond donors (Lipinski definition) is 0. The summed E-state index contributed by atoms with van der Waals surface area (Å²) < 4.78 is 1.93. The normalized spacial score (nSPS) is 27.3. The van der Waals surface area contributed by atoms with Crippen LogP contribution >= 0.6 is 11.8 Å². The molecule has 6 nitrogen and oxygen atoms in total. The van der Waals surface area contributed by atoms with Crippen molar-refractivity contribution < 1.29 is 4.79 Å². The van der Waals surface area contributed by atoms with Crippen LogP contribution in [0.15, 0.2) is 11.2 Å². The quantitative estimate of drug-likeness (QED) is 0.773. The van der Waals surface area contributed by atoms with Gasteiger partial charge in [0.2, 0.25) is 5.91 Å². The molecule has 2 aromatic heterocycles. The number of aromatic nitrogens is 4. The molecule has 1 amide bonds. The van der Waals surface area contributed by atoms with Gasteiger partial charge in [0.15, 0.2) is 5.16 Å². The summed E-state index contributed by atoms with van der Waals surface area (Å²) in [6.45, 7) is 11.9. The van der Waals surface area contributed by atoms with Gasteiger partial charge in [-0.1, -0.05) is 32.5 Å². The molecule has 1 saturated carbocycles. The van der Waals surface area contributed by atoms with Gasteiger partial charge in [-0.3, -0.25) is 9.20 Å². The first kappa shape index (κ1) is 17.8. The zero-order chi connectivity index (χ0) is 18.7. The molecule has 2 bridgehead atoms. The molecular weight excluding hydrogens is 346 g/mol. The van der Waals surface area contributed by atoms with Gasteiger partial charge < -0.3 is 4.90 Å². The molecule has 26 heavy (non-hydrogen) atoms. The van der Waals surface area contributed by atoms with Crippen molar-refractivity contribution in [3.8, 4) is 0 Å². The minimum Gasteiger partial charge on any atom is -0.338 e. The van der Waals surface area contributed by atoms with Crippen molar-refractivity contribution in [2.24, 2.45) is 10.8 Å². The molecular formula is C19H27N5OS. The SMILES string of the molecule is Cc1cc(C)n2c(SCC(=O)N3C[C@]4(C)C[C@H]3CC(C)(C)C4)nnc2n1. The van der Waals surface area contributed by atoms with Crippen molar-refractivity contribution in [2.75, 3.05) is 12.3 Å². The second-order valence-corrected chi connectivity index (χ2v) is 10.1. The Hall–Kier alpha value is -1.63. The first-order valence-corrected chi connectivity index (χ1v) is 10.3. The number of hydrogen-bond acceptors (Lipinski definition) is 5. The van der Waals surface area contributed by atoms with E-state index in [1.165, 1.54) is 18.2 Å². The van der Waals surface area contributed by atoms with Crippen LogP contribution in [0.3, 0.4) is 0 Å². The van der Waals surface area contributed by atoms with Gasteiger partial charge in [-0.15, -0.1) is 10.2 Å². The summed E-state index contributed by atoms with van der Waals surface area (Å²) in [5.41, 5.74) is 2.56. The molecule has 0 N–H and O–H groups in total. The third-order valence-corrected chi connectivity index (χ3v) is 6.64. The van der Waals surface area contributed by atoms with E-state index in [1.807, 2.05) is 24.3 Å². The van der Waals surface area contributed by atoms with Crippen LogP contribution in [-0.2, 0) is 4.79 Å². The first-order chi connectivity index (χ1) is 12.2. The number of likely N-dealkylation sites (tertiary alicyclic amines) is 1. The van der Waals surface area contributed by atoms with E-state index in [1.54, 1.807) is 0 Å². The van der Waals surface area contributed by atoms with Gasteiger partial charge in [0.05, 0.1) is 5.75 Å². The van der Waals surface area contributed by atoms with Crippen molar-refractivity contribution in [3.05, 3.63) is 17.5 Å². The highest BCUT2D eigenvalue weighted by atomic mass is 32.2. The molecule has 0 unspecified atom stereocenters. The highest BCUT2D eigenvalue weighted by Gasteiger charge is 2.50. The lowest BCUT2D eigenvalue weighted by atomic mass is 9.65. The zero-order valence-corrected chi connectivity index (χ0v) is 17.1. The summed E-state index contributed by atoms with van der Waals surface area (Å²) in [5.74, 6) is 1.22. The molecule has 2 aliphatic rings. The lowest BCUT2D eigenvalue weighted by molar-refractivity contribution is -0.129. The first-order valence-electron chi connectivity index (χ1n) is 9.28. The van der Waals surface area contributed by atoms with Crippen molar-refractivity contribution >= 4 is 23.4 Å². The number of carbonyl (C=O) groups excluding carboxylic acids is 1. The molecule has 2 atom stereocenters. The third kappa shape index (κ3) is 3.10. The van der Waals surface area contributed by atoms with Crippen LogP contribution in [-0.4, -0.2) is 48.7 Å². The number of rotatable bonds is 3. The average molecular weight is 374 g/mol. The standard InChI is InChI=1S/C19H27N5OS/c1-12-6-13(2)24-16(20-12)21-22-17(24)26-9-15(25)23-11-19(5)8-14(23)7-18(3,4)10-19/h6,14H,7-11H2,1-5H3/t14-,19-/m1/s1. The summed E-state index contributed by atoms with van der Waals surface area (Å²) in [5, 5.41) is 9.14. The van der Waals surface area contributed by atoms with E-state index < -0.39 is 0 Å². The van der Waals surface area contributed by atoms with E-state index in [2.05, 4.69) is 40.9 Å². The molecule has 0 spiro atoms. The topological polar surface area (TPSA) is 63.4 Å². The van der Waals surface area contributed by atoms with Crippen LogP contribution in [0.2, 0.25) is 0 Å². The summed E-state index contributed by atoms with van der Waals surface area (Å²) in [7, 11) is 0. The van der Waals surface area contributed by atoms with Gasteiger partial charge in [0.25, 0.3) is 5.78 Å². The van der Waals surface area contributed by atoms with E-state index >= 15 is 0 Å². The summed E-state index contributed by atoms with van der Waals surface area (Å²) >= 11 is 1.46. The van der Waals surface area contributed by atoms with Crippen molar-refractivity contribution in [2.45, 2.75) is 65.1 Å². The highest BCUT2D eigenvalue weighted by Crippen LogP contribution is 2.52. The van der Waals surface area contributed by atoms with Crippen LogP contribution < -0.4 is 0 Å². The Morgan fingerprint density at radius 1 is 1.27 bits per heavy atom. The maximum absolute atomic E-state index is 12.9. The number of nitrogens with zero attached hydrogens (tertiary/aromatic N) is 5. The fraction of sp³-hybridized carbons (Fsp3) is 0.684. The van der Waals surface area contributed by atoms with Gasteiger partial charge in [-0.05, 0) is 50.0 Å². The fourth-order valence-electron chi connectivity index (χ4n) is 5.25. The predicted octanol–water partition coefficient (Wildman–Crippen LogP) is 3.26. The van der Waals surface area contributed by atoms with E-state index in [-0.39, 0.29) is 11.3 Å². The Balaban J connectivity index is 1.49. The van der Waals surface area contributed by atoms with Gasteiger partial charge >= 0.3 is 0 Å². The molecule has 0 aromatic carbocycles. The largest absolute Gasteiger partial charge is 0.338 e. The van der Waals surface area contributed by atoms with Crippen molar-refractivity contribution in [3.63, 3.8) is 0 Å². The van der Waals surface area contributed by atoms with Crippen LogP contribution in [0.4, 0.5) is 0 Å². The predicted molar refractivity (Wildman–Crippen MR) is 102 cm³/mol. The third-order valence-electron chi connectivity index (χ3n) is 5.72. The maximum Gasteiger partial charge on any atom is 0.256 e. The lowest BCUT2D eigenvalue weighted by Gasteiger charge is -2.39. The van der Waals surface area contributed by atoms with E-state index in [0.29, 0.717) is 23.0 Å². The van der Waals surface area contributed by atoms with Gasteiger partial charge in [0, 0.05) is 24.0 Å². The van der Waals surface area contributed by atoms with E-state index in [4.69, 9.17) is 0 Å². The zero-order valence-electron chi connectivity index (χ0n) is 16.2. The molecule has 4 rings (SSSR count). The Morgan fingerprint density at radius 2 is 2.04 bits per heavy atom. The van der Waals surface area contributed by atoms with Crippen LogP contribution in [0, 0.1) is 24.7 Å². The molecule has 1 saturated heterocycles. The van der Waals surface area contributed by atoms with Gasteiger partial charge in [-0.25, -0.2) is 4.98 Å². The summed E-state index contributed by atoms with van der Waals surface area (Å²) in [6.07, 6.45) is 3.45. The number of amides is 1. The molecule has 1 aliphatic heterocycles. The monoisotopic (exact) mass is 373 g/mol. The molecule has 2 aromatic rings. The number of thioether (sulfide) groups is 1. The smallest absolute Gasteiger partial charge is 0.256 e.